The van der Waals surface area contributed by atoms with Crippen molar-refractivity contribution in [1.82, 2.24) is 9.62 Å². The summed E-state index contributed by atoms with van der Waals surface area (Å²) < 4.78 is 29.2. The van der Waals surface area contributed by atoms with Gasteiger partial charge in [-0.1, -0.05) is 17.7 Å². The molecule has 0 bridgehead atoms. The molecule has 1 saturated heterocycles. The number of nitrogens with two attached hydrogens (primary N) is 2. The van der Waals surface area contributed by atoms with Crippen molar-refractivity contribution in [3.05, 3.63) is 58.6 Å². The number of hydrogen-bond donors (Lipinski definition) is 4. The fourth-order valence-electron chi connectivity index (χ4n) is 3.50. The van der Waals surface area contributed by atoms with E-state index in [1.54, 1.807) is 41.3 Å². The van der Waals surface area contributed by atoms with Crippen LogP contribution < -0.4 is 16.2 Å². The van der Waals surface area contributed by atoms with Gasteiger partial charge in [-0.3, -0.25) is 10.2 Å². The molecule has 0 aliphatic carbocycles. The number of thiophene rings is 1. The normalized spacial score (nSPS) is 16.9. The zero-order chi connectivity index (χ0) is 22.3. The van der Waals surface area contributed by atoms with E-state index < -0.39 is 16.1 Å². The number of anilines is 1. The van der Waals surface area contributed by atoms with Crippen molar-refractivity contribution in [2.75, 3.05) is 12.3 Å². The summed E-state index contributed by atoms with van der Waals surface area (Å²) in [6.07, 6.45) is 0.343. The molecule has 6 N–H and O–H groups in total. The van der Waals surface area contributed by atoms with Gasteiger partial charge in [0.2, 0.25) is 5.91 Å². The number of halogens is 1. The molecule has 1 atom stereocenters. The van der Waals surface area contributed by atoms with Crippen LogP contribution in [0.1, 0.15) is 17.5 Å². The predicted octanol–water partition coefficient (Wildman–Crippen LogP) is 2.50. The Hall–Kier alpha value is -2.66. The second-order valence-electron chi connectivity index (χ2n) is 7.27. The highest BCUT2D eigenvalue weighted by atomic mass is 35.5. The van der Waals surface area contributed by atoms with Gasteiger partial charge in [0.05, 0.1) is 0 Å². The summed E-state index contributed by atoms with van der Waals surface area (Å²) in [6, 6.07) is 10.9. The Bertz CT molecular complexity index is 1310. The first-order valence-electron chi connectivity index (χ1n) is 9.37. The molecule has 0 radical (unpaired) electrons. The Morgan fingerprint density at radius 1 is 1.29 bits per heavy atom. The lowest BCUT2D eigenvalue weighted by Gasteiger charge is -2.19. The highest BCUT2D eigenvalue weighted by Gasteiger charge is 2.35. The standard InChI is InChI=1S/C20H20ClN5O3S2/c21-14-2-1-3-17-13(14)9-18(30-17)31(28,29)25-16-6-7-26(20(16)27)10-12-8-11(19(23)24)4-5-15(12)22/h1-5,8-9,16,25H,6-7,10,22H2,(H3,23,24)/t16-/m0/s1. The van der Waals surface area contributed by atoms with E-state index in [1.165, 1.54) is 6.07 Å². The van der Waals surface area contributed by atoms with Crippen LogP contribution in [0.25, 0.3) is 10.1 Å². The maximum absolute atomic E-state index is 12.9. The first-order chi connectivity index (χ1) is 14.7. The number of amides is 1. The third-order valence-electron chi connectivity index (χ3n) is 5.16. The molecule has 31 heavy (non-hydrogen) atoms. The van der Waals surface area contributed by atoms with Gasteiger partial charge in [-0.2, -0.15) is 4.72 Å². The highest BCUT2D eigenvalue weighted by molar-refractivity contribution is 7.91. The Kier molecular flexibility index (Phi) is 5.65. The number of sulfonamides is 1. The average Bonchev–Trinajstić information content (AvgIpc) is 3.30. The number of carbonyl (C=O) groups excluding carboxylic acids is 1. The molecule has 0 unspecified atom stereocenters. The number of benzene rings is 2. The molecule has 2 aromatic carbocycles. The summed E-state index contributed by atoms with van der Waals surface area (Å²) >= 11 is 7.26. The van der Waals surface area contributed by atoms with Crippen molar-refractivity contribution in [1.29, 1.82) is 5.41 Å². The summed E-state index contributed by atoms with van der Waals surface area (Å²) in [6.45, 7) is 0.594. The minimum Gasteiger partial charge on any atom is -0.398 e. The molecule has 162 valence electrons. The zero-order valence-electron chi connectivity index (χ0n) is 16.3. The van der Waals surface area contributed by atoms with Gasteiger partial charge in [0.1, 0.15) is 16.1 Å². The van der Waals surface area contributed by atoms with E-state index in [-0.39, 0.29) is 22.5 Å². The van der Waals surface area contributed by atoms with Crippen LogP contribution in [0.3, 0.4) is 0 Å². The maximum atomic E-state index is 12.9. The second kappa shape index (κ2) is 8.12. The molecule has 8 nitrogen and oxygen atoms in total. The Morgan fingerprint density at radius 3 is 2.77 bits per heavy atom. The van der Waals surface area contributed by atoms with E-state index in [2.05, 4.69) is 4.72 Å². The Balaban J connectivity index is 1.51. The molecule has 0 spiro atoms. The van der Waals surface area contributed by atoms with Crippen LogP contribution in [0.4, 0.5) is 5.69 Å². The SMILES string of the molecule is N=C(N)c1ccc(N)c(CN2CC[C@H](NS(=O)(=O)c3cc4c(Cl)cccc4s3)C2=O)c1. The van der Waals surface area contributed by atoms with E-state index in [0.29, 0.717) is 40.2 Å². The lowest BCUT2D eigenvalue weighted by molar-refractivity contribution is -0.129. The van der Waals surface area contributed by atoms with Crippen LogP contribution >= 0.6 is 22.9 Å². The van der Waals surface area contributed by atoms with E-state index in [0.717, 1.165) is 16.0 Å². The maximum Gasteiger partial charge on any atom is 0.250 e. The Labute approximate surface area is 188 Å². The average molecular weight is 478 g/mol. The van der Waals surface area contributed by atoms with Crippen LogP contribution in [0, 0.1) is 5.41 Å². The van der Waals surface area contributed by atoms with Gasteiger partial charge in [-0.15, -0.1) is 11.3 Å². The summed E-state index contributed by atoms with van der Waals surface area (Å²) in [7, 11) is -3.88. The van der Waals surface area contributed by atoms with Crippen LogP contribution in [-0.2, 0) is 21.4 Å². The summed E-state index contributed by atoms with van der Waals surface area (Å²) in [5.41, 5.74) is 13.2. The molecule has 1 fully saturated rings. The molecule has 1 aliphatic heterocycles. The monoisotopic (exact) mass is 477 g/mol. The topological polar surface area (TPSA) is 142 Å². The fourth-order valence-corrected chi connectivity index (χ4v) is 6.44. The number of likely N-dealkylation sites (tertiary alicyclic amines) is 1. The van der Waals surface area contributed by atoms with Crippen molar-refractivity contribution in [3.63, 3.8) is 0 Å². The Morgan fingerprint density at radius 2 is 2.06 bits per heavy atom. The van der Waals surface area contributed by atoms with E-state index in [9.17, 15) is 13.2 Å². The van der Waals surface area contributed by atoms with Crippen molar-refractivity contribution >= 4 is 60.5 Å². The molecule has 11 heteroatoms. The minimum absolute atomic E-state index is 0.0944. The molecule has 1 amide bonds. The molecule has 4 rings (SSSR count). The van der Waals surface area contributed by atoms with Gasteiger partial charge in [-0.05, 0) is 48.4 Å². The number of carbonyl (C=O) groups is 1. The predicted molar refractivity (Wildman–Crippen MR) is 123 cm³/mol. The zero-order valence-corrected chi connectivity index (χ0v) is 18.7. The van der Waals surface area contributed by atoms with Crippen molar-refractivity contribution < 1.29 is 13.2 Å². The number of amidine groups is 1. The summed E-state index contributed by atoms with van der Waals surface area (Å²) in [4.78, 5) is 14.4. The van der Waals surface area contributed by atoms with Crippen molar-refractivity contribution in [2.45, 2.75) is 23.2 Å². The van der Waals surface area contributed by atoms with Crippen molar-refractivity contribution in [3.8, 4) is 0 Å². The molecule has 1 aliphatic rings. The molecule has 3 aromatic rings. The lowest BCUT2D eigenvalue weighted by Crippen LogP contribution is -2.41. The molecule has 2 heterocycles. The quantitative estimate of drug-likeness (QED) is 0.245. The highest BCUT2D eigenvalue weighted by Crippen LogP contribution is 2.33. The first kappa shape index (κ1) is 21.6. The lowest BCUT2D eigenvalue weighted by atomic mass is 10.1. The number of fused-ring (bicyclic) bond motifs is 1. The van der Waals surface area contributed by atoms with Gasteiger partial charge < -0.3 is 16.4 Å². The van der Waals surface area contributed by atoms with Gasteiger partial charge in [0, 0.05) is 39.4 Å². The number of hydrogen-bond acceptors (Lipinski definition) is 6. The van der Waals surface area contributed by atoms with Crippen LogP contribution in [-0.4, -0.2) is 37.6 Å². The third kappa shape index (κ3) is 4.24. The van der Waals surface area contributed by atoms with E-state index in [4.69, 9.17) is 28.5 Å². The van der Waals surface area contributed by atoms with Crippen LogP contribution in [0.2, 0.25) is 5.02 Å². The number of nitrogens with zero attached hydrogens (tertiary/aromatic N) is 1. The molecule has 0 saturated carbocycles. The van der Waals surface area contributed by atoms with E-state index >= 15 is 0 Å². The van der Waals surface area contributed by atoms with Gasteiger partial charge in [0.15, 0.2) is 0 Å². The molecular formula is C20H20ClN5O3S2. The summed E-state index contributed by atoms with van der Waals surface area (Å²) in [5.74, 6) is -0.418. The first-order valence-corrected chi connectivity index (χ1v) is 12.1. The number of nitrogen functional groups attached to an aromatic ring is 2. The van der Waals surface area contributed by atoms with Crippen molar-refractivity contribution in [2.24, 2.45) is 5.73 Å². The van der Waals surface area contributed by atoms with Gasteiger partial charge >= 0.3 is 0 Å². The third-order valence-corrected chi connectivity index (χ3v) is 8.54. The van der Waals surface area contributed by atoms with Gasteiger partial charge in [0.25, 0.3) is 10.0 Å². The largest absolute Gasteiger partial charge is 0.398 e. The number of rotatable bonds is 6. The van der Waals surface area contributed by atoms with Crippen LogP contribution in [0.5, 0.6) is 0 Å². The fraction of sp³-hybridized carbons (Fsp3) is 0.200. The molecular weight excluding hydrogens is 458 g/mol. The van der Waals surface area contributed by atoms with Crippen LogP contribution in [0.15, 0.2) is 46.7 Å². The minimum atomic E-state index is -3.88. The van der Waals surface area contributed by atoms with E-state index in [1.807, 2.05) is 0 Å². The van der Waals surface area contributed by atoms with Gasteiger partial charge in [-0.25, -0.2) is 8.42 Å². The second-order valence-corrected chi connectivity index (χ2v) is 10.7. The molecule has 1 aromatic heterocycles. The number of nitrogens with one attached hydrogen (secondary N) is 2. The summed E-state index contributed by atoms with van der Waals surface area (Å²) in [5, 5.41) is 8.70. The smallest absolute Gasteiger partial charge is 0.250 e.